The highest BCUT2D eigenvalue weighted by Crippen LogP contribution is 2.13. The summed E-state index contributed by atoms with van der Waals surface area (Å²) < 4.78 is 0. The van der Waals surface area contributed by atoms with Gasteiger partial charge in [0.25, 0.3) is 5.91 Å². The van der Waals surface area contributed by atoms with E-state index in [1.54, 1.807) is 29.2 Å². The molecule has 5 nitrogen and oxygen atoms in total. The summed E-state index contributed by atoms with van der Waals surface area (Å²) in [6, 6.07) is 6.86. The first-order valence-electron chi connectivity index (χ1n) is 6.65. The van der Waals surface area contributed by atoms with Gasteiger partial charge in [-0.05, 0) is 44.0 Å². The third-order valence-corrected chi connectivity index (χ3v) is 3.13. The van der Waals surface area contributed by atoms with Crippen LogP contribution in [0.15, 0.2) is 24.3 Å². The number of benzene rings is 1. The molecule has 102 valence electrons. The van der Waals surface area contributed by atoms with Gasteiger partial charge in [0.1, 0.15) is 0 Å². The molecule has 0 spiro atoms. The van der Waals surface area contributed by atoms with E-state index >= 15 is 0 Å². The highest BCUT2D eigenvalue weighted by atomic mass is 16.2. The molecule has 5 heteroatoms. The molecule has 0 radical (unpaired) electrons. The highest BCUT2D eigenvalue weighted by Gasteiger charge is 2.17. The van der Waals surface area contributed by atoms with E-state index in [0.29, 0.717) is 17.8 Å². The normalized spacial score (nSPS) is 14.3. The van der Waals surface area contributed by atoms with Crippen LogP contribution in [0.2, 0.25) is 0 Å². The van der Waals surface area contributed by atoms with Crippen LogP contribution in [-0.2, 0) is 0 Å². The summed E-state index contributed by atoms with van der Waals surface area (Å²) in [7, 11) is 0. The lowest BCUT2D eigenvalue weighted by Crippen LogP contribution is -2.32. The number of nitrogens with one attached hydrogen (secondary N) is 2. The van der Waals surface area contributed by atoms with E-state index in [0.717, 1.165) is 25.9 Å². The van der Waals surface area contributed by atoms with E-state index in [9.17, 15) is 9.59 Å². The third-order valence-electron chi connectivity index (χ3n) is 3.13. The summed E-state index contributed by atoms with van der Waals surface area (Å²) in [6.45, 7) is 4.13. The van der Waals surface area contributed by atoms with Crippen LogP contribution in [0.3, 0.4) is 0 Å². The summed E-state index contributed by atoms with van der Waals surface area (Å²) in [6.07, 6.45) is 2.15. The number of anilines is 1. The topological polar surface area (TPSA) is 61.4 Å². The van der Waals surface area contributed by atoms with Crippen LogP contribution >= 0.6 is 0 Å². The minimum atomic E-state index is -0.0973. The van der Waals surface area contributed by atoms with Crippen molar-refractivity contribution in [3.63, 3.8) is 0 Å². The number of hydrogen-bond donors (Lipinski definition) is 2. The standard InChI is InChI=1S/C14H19N3O2/c1-2-15-13(18)11-5-7-12(8-6-11)16-14(19)17-9-3-4-10-17/h5-8H,2-4,9-10H2,1H3,(H,15,18)(H,16,19). The zero-order valence-corrected chi connectivity index (χ0v) is 11.1. The van der Waals surface area contributed by atoms with Gasteiger partial charge in [0.05, 0.1) is 0 Å². The molecule has 1 heterocycles. The Kier molecular flexibility index (Phi) is 4.39. The molecule has 0 unspecified atom stereocenters. The minimum absolute atomic E-state index is 0.0664. The van der Waals surface area contributed by atoms with Gasteiger partial charge in [-0.15, -0.1) is 0 Å². The Morgan fingerprint density at radius 3 is 2.37 bits per heavy atom. The van der Waals surface area contributed by atoms with Crippen molar-refractivity contribution in [1.29, 1.82) is 0 Å². The average molecular weight is 261 g/mol. The second kappa shape index (κ2) is 6.22. The molecule has 1 aromatic rings. The average Bonchev–Trinajstić information content (AvgIpc) is 2.94. The Labute approximate surface area is 113 Å². The molecular formula is C14H19N3O2. The molecule has 1 aliphatic heterocycles. The zero-order chi connectivity index (χ0) is 13.7. The fraction of sp³-hybridized carbons (Fsp3) is 0.429. The van der Waals surface area contributed by atoms with E-state index in [1.165, 1.54) is 0 Å². The molecule has 1 aromatic carbocycles. The number of rotatable bonds is 3. The van der Waals surface area contributed by atoms with Crippen LogP contribution in [0.1, 0.15) is 30.1 Å². The number of carbonyl (C=O) groups is 2. The van der Waals surface area contributed by atoms with E-state index in [4.69, 9.17) is 0 Å². The van der Waals surface area contributed by atoms with Crippen LogP contribution in [0.25, 0.3) is 0 Å². The number of nitrogens with zero attached hydrogens (tertiary/aromatic N) is 1. The Morgan fingerprint density at radius 2 is 1.79 bits per heavy atom. The molecule has 2 N–H and O–H groups in total. The Hall–Kier alpha value is -2.04. The van der Waals surface area contributed by atoms with Crippen LogP contribution in [0.5, 0.6) is 0 Å². The van der Waals surface area contributed by atoms with Crippen LogP contribution in [0, 0.1) is 0 Å². The van der Waals surface area contributed by atoms with Crippen molar-refractivity contribution in [2.45, 2.75) is 19.8 Å². The maximum Gasteiger partial charge on any atom is 0.321 e. The van der Waals surface area contributed by atoms with Crippen molar-refractivity contribution < 1.29 is 9.59 Å². The van der Waals surface area contributed by atoms with Crippen molar-refractivity contribution in [2.75, 3.05) is 25.0 Å². The largest absolute Gasteiger partial charge is 0.352 e. The number of likely N-dealkylation sites (tertiary alicyclic amines) is 1. The molecule has 0 aliphatic carbocycles. The summed E-state index contributed by atoms with van der Waals surface area (Å²) in [5.74, 6) is -0.0973. The second-order valence-corrected chi connectivity index (χ2v) is 4.56. The number of hydrogen-bond acceptors (Lipinski definition) is 2. The smallest absolute Gasteiger partial charge is 0.321 e. The van der Waals surface area contributed by atoms with Gasteiger partial charge in [0.2, 0.25) is 0 Å². The number of carbonyl (C=O) groups excluding carboxylic acids is 2. The fourth-order valence-electron chi connectivity index (χ4n) is 2.09. The van der Waals surface area contributed by atoms with Crippen LogP contribution < -0.4 is 10.6 Å². The van der Waals surface area contributed by atoms with Gasteiger partial charge >= 0.3 is 6.03 Å². The van der Waals surface area contributed by atoms with E-state index < -0.39 is 0 Å². The van der Waals surface area contributed by atoms with Crippen LogP contribution in [-0.4, -0.2) is 36.5 Å². The number of amides is 3. The SMILES string of the molecule is CCNC(=O)c1ccc(NC(=O)N2CCCC2)cc1. The van der Waals surface area contributed by atoms with Crippen molar-refractivity contribution in [2.24, 2.45) is 0 Å². The third kappa shape index (κ3) is 3.47. The van der Waals surface area contributed by atoms with Crippen LogP contribution in [0.4, 0.5) is 10.5 Å². The zero-order valence-electron chi connectivity index (χ0n) is 11.1. The van der Waals surface area contributed by atoms with E-state index in [-0.39, 0.29) is 11.9 Å². The minimum Gasteiger partial charge on any atom is -0.352 e. The summed E-state index contributed by atoms with van der Waals surface area (Å²) in [5, 5.41) is 5.57. The first-order chi connectivity index (χ1) is 9.20. The maximum atomic E-state index is 11.9. The van der Waals surface area contributed by atoms with Crippen molar-refractivity contribution in [3.8, 4) is 0 Å². The molecule has 0 atom stereocenters. The Morgan fingerprint density at radius 1 is 1.16 bits per heavy atom. The lowest BCUT2D eigenvalue weighted by molar-refractivity contribution is 0.0956. The number of urea groups is 1. The lowest BCUT2D eigenvalue weighted by Gasteiger charge is -2.16. The van der Waals surface area contributed by atoms with Crippen molar-refractivity contribution in [3.05, 3.63) is 29.8 Å². The van der Waals surface area contributed by atoms with Crippen molar-refractivity contribution in [1.82, 2.24) is 10.2 Å². The molecule has 3 amide bonds. The molecule has 1 aliphatic rings. The van der Waals surface area contributed by atoms with Gasteiger partial charge in [-0.1, -0.05) is 0 Å². The monoisotopic (exact) mass is 261 g/mol. The Balaban J connectivity index is 1.94. The second-order valence-electron chi connectivity index (χ2n) is 4.56. The predicted molar refractivity (Wildman–Crippen MR) is 74.3 cm³/mol. The quantitative estimate of drug-likeness (QED) is 0.875. The molecule has 0 bridgehead atoms. The maximum absolute atomic E-state index is 11.9. The fourth-order valence-corrected chi connectivity index (χ4v) is 2.09. The lowest BCUT2D eigenvalue weighted by atomic mass is 10.2. The van der Waals surface area contributed by atoms with Gasteiger partial charge in [-0.2, -0.15) is 0 Å². The molecule has 19 heavy (non-hydrogen) atoms. The highest BCUT2D eigenvalue weighted by molar-refractivity contribution is 5.95. The van der Waals surface area contributed by atoms with Gasteiger partial charge in [-0.25, -0.2) is 4.79 Å². The first kappa shape index (κ1) is 13.4. The molecule has 2 rings (SSSR count). The van der Waals surface area contributed by atoms with Gasteiger partial charge in [-0.3, -0.25) is 4.79 Å². The van der Waals surface area contributed by atoms with Gasteiger partial charge in [0.15, 0.2) is 0 Å². The molecule has 1 saturated heterocycles. The van der Waals surface area contributed by atoms with Gasteiger partial charge < -0.3 is 15.5 Å². The van der Waals surface area contributed by atoms with Crippen molar-refractivity contribution >= 4 is 17.6 Å². The molecule has 1 fully saturated rings. The van der Waals surface area contributed by atoms with Gasteiger partial charge in [0, 0.05) is 30.9 Å². The van der Waals surface area contributed by atoms with E-state index in [1.807, 2.05) is 6.92 Å². The summed E-state index contributed by atoms with van der Waals surface area (Å²) >= 11 is 0. The summed E-state index contributed by atoms with van der Waals surface area (Å²) in [4.78, 5) is 25.3. The molecule has 0 aromatic heterocycles. The van der Waals surface area contributed by atoms with E-state index in [2.05, 4.69) is 10.6 Å². The molecular weight excluding hydrogens is 242 g/mol. The summed E-state index contributed by atoms with van der Waals surface area (Å²) in [5.41, 5.74) is 1.31. The molecule has 0 saturated carbocycles. The predicted octanol–water partition coefficient (Wildman–Crippen LogP) is 2.06. The Bertz CT molecular complexity index is 450. The first-order valence-corrected chi connectivity index (χ1v) is 6.65.